The molecular weight excluding hydrogens is 513 g/mol. The normalized spacial score (nSPS) is 20.1. The summed E-state index contributed by atoms with van der Waals surface area (Å²) >= 11 is 0. The molecule has 0 N–H and O–H groups in total. The number of methoxy groups -OCH3 is 1. The first-order valence-corrected chi connectivity index (χ1v) is 15.4. The van der Waals surface area contributed by atoms with Gasteiger partial charge in [-0.2, -0.15) is 5.10 Å². The predicted molar refractivity (Wildman–Crippen MR) is 166 cm³/mol. The van der Waals surface area contributed by atoms with Gasteiger partial charge in [0, 0.05) is 40.7 Å². The van der Waals surface area contributed by atoms with Crippen LogP contribution in [0.15, 0.2) is 48.6 Å². The number of hydrogen-bond acceptors (Lipinski definition) is 5. The van der Waals surface area contributed by atoms with Gasteiger partial charge in [-0.15, -0.1) is 0 Å². The van der Waals surface area contributed by atoms with Gasteiger partial charge < -0.3 is 9.64 Å². The minimum Gasteiger partial charge on any atom is -0.494 e. The van der Waals surface area contributed by atoms with Crippen LogP contribution in [0.5, 0.6) is 5.75 Å². The fraction of sp³-hybridized carbons (Fsp3) is 0.500. The number of allylic oxidation sites excluding steroid dienone is 1. The minimum atomic E-state index is -0.425. The number of aromatic nitrogens is 4. The molecule has 4 aromatic rings. The van der Waals surface area contributed by atoms with Crippen LogP contribution in [0.25, 0.3) is 33.8 Å². The van der Waals surface area contributed by atoms with E-state index in [0.29, 0.717) is 22.1 Å². The lowest BCUT2D eigenvalue weighted by Crippen LogP contribution is -2.20. The highest BCUT2D eigenvalue weighted by atomic mass is 19.1. The molecule has 2 fully saturated rings. The second-order valence-corrected chi connectivity index (χ2v) is 11.8. The Balaban J connectivity index is 0.000000287. The molecule has 0 spiro atoms. The number of halogens is 1. The molecule has 0 radical (unpaired) electrons. The number of nitrogens with zero attached hydrogens (tertiary/aromatic N) is 5. The minimum absolute atomic E-state index is 0.192. The molecule has 1 aliphatic carbocycles. The van der Waals surface area contributed by atoms with Crippen molar-refractivity contribution in [3.05, 3.63) is 59.9 Å². The molecule has 6 rings (SSSR count). The molecule has 7 heteroatoms. The lowest BCUT2D eigenvalue weighted by atomic mass is 10.0. The maximum Gasteiger partial charge on any atom is 0.175 e. The summed E-state index contributed by atoms with van der Waals surface area (Å²) in [5, 5.41) is 4.92. The van der Waals surface area contributed by atoms with Crippen LogP contribution in [-0.2, 0) is 0 Å². The Morgan fingerprint density at radius 2 is 1.68 bits per heavy atom. The van der Waals surface area contributed by atoms with Crippen LogP contribution in [0.3, 0.4) is 0 Å². The summed E-state index contributed by atoms with van der Waals surface area (Å²) < 4.78 is 22.0. The molecule has 0 bridgehead atoms. The van der Waals surface area contributed by atoms with Gasteiger partial charge >= 0.3 is 0 Å². The monoisotopic (exact) mass is 557 g/mol. The van der Waals surface area contributed by atoms with Crippen molar-refractivity contribution in [2.45, 2.75) is 77.6 Å². The van der Waals surface area contributed by atoms with Crippen molar-refractivity contribution in [3.8, 4) is 16.9 Å². The first kappa shape index (κ1) is 29.2. The zero-order chi connectivity index (χ0) is 28.6. The average Bonchev–Trinajstić information content (AvgIpc) is 3.35. The van der Waals surface area contributed by atoms with E-state index in [0.717, 1.165) is 29.9 Å². The summed E-state index contributed by atoms with van der Waals surface area (Å²) in [6.07, 6.45) is 24.3. The van der Waals surface area contributed by atoms with Crippen LogP contribution in [0.2, 0.25) is 0 Å². The fourth-order valence-corrected chi connectivity index (χ4v) is 6.06. The second kappa shape index (κ2) is 14.0. The molecule has 6 nitrogen and oxygen atoms in total. The number of benzene rings is 1. The van der Waals surface area contributed by atoms with Gasteiger partial charge in [0.2, 0.25) is 0 Å². The van der Waals surface area contributed by atoms with Gasteiger partial charge in [0.25, 0.3) is 0 Å². The van der Waals surface area contributed by atoms with Crippen molar-refractivity contribution >= 4 is 22.6 Å². The summed E-state index contributed by atoms with van der Waals surface area (Å²) in [6.45, 7) is 4.98. The molecule has 1 saturated heterocycles. The van der Waals surface area contributed by atoms with Crippen LogP contribution in [-0.4, -0.2) is 51.7 Å². The number of rotatable bonds is 3. The first-order chi connectivity index (χ1) is 20.0. The quantitative estimate of drug-likeness (QED) is 0.237. The molecule has 1 saturated carbocycles. The Morgan fingerprint density at radius 1 is 0.902 bits per heavy atom. The van der Waals surface area contributed by atoms with E-state index in [2.05, 4.69) is 40.0 Å². The third-order valence-corrected chi connectivity index (χ3v) is 8.55. The Labute approximate surface area is 243 Å². The zero-order valence-corrected chi connectivity index (χ0v) is 24.9. The fourth-order valence-electron chi connectivity index (χ4n) is 6.06. The van der Waals surface area contributed by atoms with E-state index in [1.807, 2.05) is 12.4 Å². The summed E-state index contributed by atoms with van der Waals surface area (Å²) in [5.74, 6) is 0.568. The van der Waals surface area contributed by atoms with Crippen LogP contribution < -0.4 is 4.74 Å². The highest BCUT2D eigenvalue weighted by Crippen LogP contribution is 2.35. The summed E-state index contributed by atoms with van der Waals surface area (Å²) in [5.41, 5.74) is 5.24. The lowest BCUT2D eigenvalue weighted by molar-refractivity contribution is 0.327. The number of pyridine rings is 1. The largest absolute Gasteiger partial charge is 0.494 e. The van der Waals surface area contributed by atoms with E-state index in [1.54, 1.807) is 35.1 Å². The Kier molecular flexibility index (Phi) is 9.99. The summed E-state index contributed by atoms with van der Waals surface area (Å²) in [7, 11) is 3.70. The summed E-state index contributed by atoms with van der Waals surface area (Å²) in [6, 6.07) is 5.15. The first-order valence-electron chi connectivity index (χ1n) is 15.4. The lowest BCUT2D eigenvalue weighted by Gasteiger charge is -2.13. The SMILES string of the molecule is CN1CCCCCCCC1.COc1ccc2nccc(-c3cnn4cc(C=C5CCCC(C)CC5)cnc34)c2c1F. The van der Waals surface area contributed by atoms with Crippen molar-refractivity contribution in [1.29, 1.82) is 0 Å². The van der Waals surface area contributed by atoms with Gasteiger partial charge in [0.15, 0.2) is 17.2 Å². The van der Waals surface area contributed by atoms with Gasteiger partial charge in [-0.05, 0) is 82.8 Å². The van der Waals surface area contributed by atoms with E-state index in [-0.39, 0.29) is 5.75 Å². The Hall–Kier alpha value is -3.32. The molecular formula is C34H44FN5O. The molecule has 1 aliphatic heterocycles. The summed E-state index contributed by atoms with van der Waals surface area (Å²) in [4.78, 5) is 11.5. The van der Waals surface area contributed by atoms with Crippen molar-refractivity contribution in [2.24, 2.45) is 5.92 Å². The topological polar surface area (TPSA) is 55.5 Å². The van der Waals surface area contributed by atoms with E-state index in [1.165, 1.54) is 83.6 Å². The Bertz CT molecular complexity index is 1470. The van der Waals surface area contributed by atoms with E-state index in [4.69, 9.17) is 4.74 Å². The van der Waals surface area contributed by atoms with Gasteiger partial charge in [0.05, 0.1) is 18.8 Å². The number of fused-ring (bicyclic) bond motifs is 2. The number of ether oxygens (including phenoxy) is 1. The third-order valence-electron chi connectivity index (χ3n) is 8.55. The molecule has 41 heavy (non-hydrogen) atoms. The van der Waals surface area contributed by atoms with E-state index >= 15 is 4.39 Å². The van der Waals surface area contributed by atoms with Crippen LogP contribution in [0.1, 0.15) is 83.1 Å². The predicted octanol–water partition coefficient (Wildman–Crippen LogP) is 8.35. The van der Waals surface area contributed by atoms with Gasteiger partial charge in [-0.3, -0.25) is 4.98 Å². The zero-order valence-electron chi connectivity index (χ0n) is 24.9. The van der Waals surface area contributed by atoms with Gasteiger partial charge in [0.1, 0.15) is 0 Å². The molecule has 1 aromatic carbocycles. The third kappa shape index (κ3) is 7.31. The van der Waals surface area contributed by atoms with Crippen molar-refractivity contribution in [1.82, 2.24) is 24.5 Å². The van der Waals surface area contributed by atoms with Gasteiger partial charge in [-0.1, -0.05) is 50.7 Å². The molecule has 218 valence electrons. The van der Waals surface area contributed by atoms with Crippen molar-refractivity contribution in [2.75, 3.05) is 27.2 Å². The number of hydrogen-bond donors (Lipinski definition) is 0. The maximum absolute atomic E-state index is 15.1. The van der Waals surface area contributed by atoms with Crippen LogP contribution in [0, 0.1) is 11.7 Å². The highest BCUT2D eigenvalue weighted by Gasteiger charge is 2.18. The van der Waals surface area contributed by atoms with Crippen LogP contribution in [0.4, 0.5) is 4.39 Å². The molecule has 3 aromatic heterocycles. The molecule has 0 amide bonds. The maximum atomic E-state index is 15.1. The smallest absolute Gasteiger partial charge is 0.175 e. The van der Waals surface area contributed by atoms with Crippen molar-refractivity contribution < 1.29 is 9.13 Å². The van der Waals surface area contributed by atoms with Gasteiger partial charge in [-0.25, -0.2) is 13.9 Å². The Morgan fingerprint density at radius 3 is 2.46 bits per heavy atom. The highest BCUT2D eigenvalue weighted by molar-refractivity contribution is 5.98. The molecule has 4 heterocycles. The second-order valence-electron chi connectivity index (χ2n) is 11.8. The molecule has 1 atom stereocenters. The molecule has 1 unspecified atom stereocenters. The van der Waals surface area contributed by atoms with Crippen LogP contribution >= 0.6 is 0 Å². The average molecular weight is 558 g/mol. The van der Waals surface area contributed by atoms with E-state index in [9.17, 15) is 0 Å². The van der Waals surface area contributed by atoms with Crippen molar-refractivity contribution in [3.63, 3.8) is 0 Å². The standard InChI is InChI=1S/C25H25FN4O.C9H19N/c1-16-4-3-5-17(7-6-16)12-18-13-28-25-20(14-29-30(25)15-18)19-10-11-27-21-8-9-22(31-2)24(26)23(19)21;1-10-8-6-4-2-3-5-7-9-10/h8-16H,3-7H2,1-2H3;2-9H2,1H3. The van der Waals surface area contributed by atoms with E-state index < -0.39 is 5.82 Å². The molecule has 2 aliphatic rings.